The molecule has 5 heteroatoms. The van der Waals surface area contributed by atoms with E-state index in [0.717, 1.165) is 5.56 Å². The van der Waals surface area contributed by atoms with Crippen molar-refractivity contribution in [2.75, 3.05) is 19.7 Å². The first-order valence-corrected chi connectivity index (χ1v) is 6.41. The molecule has 1 saturated heterocycles. The molecule has 1 fully saturated rings. The van der Waals surface area contributed by atoms with Crippen LogP contribution in [-0.2, 0) is 4.74 Å². The average molecular weight is 266 g/mol. The number of nitrogens with zero attached hydrogens (tertiary/aromatic N) is 1. The van der Waals surface area contributed by atoms with Gasteiger partial charge in [-0.1, -0.05) is 11.6 Å². The van der Waals surface area contributed by atoms with E-state index in [4.69, 9.17) is 10.5 Å². The highest BCUT2D eigenvalue weighted by molar-refractivity contribution is 5.95. The minimum atomic E-state index is -0.487. The lowest BCUT2D eigenvalue weighted by atomic mass is 10.1. The van der Waals surface area contributed by atoms with Gasteiger partial charge in [-0.15, -0.1) is 0 Å². The van der Waals surface area contributed by atoms with Crippen LogP contribution in [0.15, 0.2) is 18.2 Å². The zero-order valence-corrected chi connectivity index (χ0v) is 11.2. The molecule has 0 aliphatic carbocycles. The molecule has 0 aromatic heterocycles. The van der Waals surface area contributed by atoms with Gasteiger partial charge in [0.05, 0.1) is 24.3 Å². The first-order valence-electron chi connectivity index (χ1n) is 6.41. The Morgan fingerprint density at radius 3 is 3.00 bits per heavy atom. The number of hydrogen-bond donors (Lipinski definition) is 1. The molecular weight excluding hydrogens is 247 g/mol. The summed E-state index contributed by atoms with van der Waals surface area (Å²) in [6.45, 7) is 4.91. The number of carbonyl (C=O) groups excluding carboxylic acids is 1. The van der Waals surface area contributed by atoms with Gasteiger partial charge >= 0.3 is 0 Å². The number of rotatable bonds is 2. The van der Waals surface area contributed by atoms with Gasteiger partial charge in [0.2, 0.25) is 0 Å². The number of halogens is 1. The van der Waals surface area contributed by atoms with Gasteiger partial charge in [-0.25, -0.2) is 4.39 Å². The fraction of sp³-hybridized carbons (Fsp3) is 0.500. The van der Waals surface area contributed by atoms with E-state index in [1.54, 1.807) is 17.0 Å². The largest absolute Gasteiger partial charge is 0.373 e. The van der Waals surface area contributed by atoms with Gasteiger partial charge < -0.3 is 15.4 Å². The van der Waals surface area contributed by atoms with Crippen LogP contribution in [0.1, 0.15) is 22.8 Å². The number of benzene rings is 1. The lowest BCUT2D eigenvalue weighted by Gasteiger charge is -2.37. The molecule has 1 amide bonds. The van der Waals surface area contributed by atoms with Gasteiger partial charge in [0.25, 0.3) is 5.91 Å². The number of aryl methyl sites for hydroxylation is 1. The van der Waals surface area contributed by atoms with Gasteiger partial charge in [-0.2, -0.15) is 0 Å². The molecule has 2 N–H and O–H groups in total. The highest BCUT2D eigenvalue weighted by Crippen LogP contribution is 2.18. The van der Waals surface area contributed by atoms with E-state index in [9.17, 15) is 9.18 Å². The Kier molecular flexibility index (Phi) is 4.17. The molecule has 2 atom stereocenters. The number of amides is 1. The normalized spacial score (nSPS) is 23.5. The van der Waals surface area contributed by atoms with E-state index in [1.165, 1.54) is 6.07 Å². The van der Waals surface area contributed by atoms with E-state index in [1.807, 2.05) is 13.8 Å². The van der Waals surface area contributed by atoms with Crippen molar-refractivity contribution < 1.29 is 13.9 Å². The molecule has 0 radical (unpaired) electrons. The van der Waals surface area contributed by atoms with E-state index in [2.05, 4.69) is 0 Å². The minimum absolute atomic E-state index is 0.0739. The maximum absolute atomic E-state index is 13.8. The molecule has 0 bridgehead atoms. The van der Waals surface area contributed by atoms with Crippen LogP contribution >= 0.6 is 0 Å². The van der Waals surface area contributed by atoms with Crippen molar-refractivity contribution in [3.05, 3.63) is 35.1 Å². The number of morpholine rings is 1. The molecule has 1 aromatic rings. The van der Waals surface area contributed by atoms with Crippen LogP contribution in [0.5, 0.6) is 0 Å². The fourth-order valence-corrected chi connectivity index (χ4v) is 2.20. The lowest BCUT2D eigenvalue weighted by Crippen LogP contribution is -2.53. The van der Waals surface area contributed by atoms with Crippen molar-refractivity contribution in [3.8, 4) is 0 Å². The van der Waals surface area contributed by atoms with Crippen LogP contribution in [0, 0.1) is 12.7 Å². The van der Waals surface area contributed by atoms with Gasteiger partial charge in [0, 0.05) is 13.1 Å². The van der Waals surface area contributed by atoms with E-state index >= 15 is 0 Å². The zero-order valence-electron chi connectivity index (χ0n) is 11.2. The maximum Gasteiger partial charge on any atom is 0.257 e. The molecular formula is C14H19FN2O2. The summed E-state index contributed by atoms with van der Waals surface area (Å²) in [6.07, 6.45) is -0.173. The molecule has 1 heterocycles. The molecule has 2 unspecified atom stereocenters. The highest BCUT2D eigenvalue weighted by Gasteiger charge is 2.30. The van der Waals surface area contributed by atoms with Crippen LogP contribution in [0.3, 0.4) is 0 Å². The molecule has 104 valence electrons. The summed E-state index contributed by atoms with van der Waals surface area (Å²) in [6, 6.07) is 4.48. The molecule has 0 spiro atoms. The molecule has 2 rings (SSSR count). The first-order chi connectivity index (χ1) is 9.02. The summed E-state index contributed by atoms with van der Waals surface area (Å²) in [5, 5.41) is 0. The topological polar surface area (TPSA) is 55.6 Å². The Morgan fingerprint density at radius 2 is 2.32 bits per heavy atom. The molecule has 1 aromatic carbocycles. The molecule has 0 saturated carbocycles. The standard InChI is InChI=1S/C14H19FN2O2/c1-9-3-4-13(15)12(5-9)14(18)17-7-11(6-16)19-8-10(17)2/h3-5,10-11H,6-8,16H2,1-2H3. The Bertz CT molecular complexity index is 479. The van der Waals surface area contributed by atoms with Crippen molar-refractivity contribution in [2.45, 2.75) is 26.0 Å². The summed E-state index contributed by atoms with van der Waals surface area (Å²) in [5.74, 6) is -0.783. The lowest BCUT2D eigenvalue weighted by molar-refractivity contribution is -0.0427. The van der Waals surface area contributed by atoms with Crippen LogP contribution in [-0.4, -0.2) is 42.6 Å². The van der Waals surface area contributed by atoms with E-state index < -0.39 is 5.82 Å². The van der Waals surface area contributed by atoms with Gasteiger partial charge in [-0.05, 0) is 26.0 Å². The minimum Gasteiger partial charge on any atom is -0.373 e. The number of hydrogen-bond acceptors (Lipinski definition) is 3. The third-order valence-corrected chi connectivity index (χ3v) is 3.38. The molecule has 19 heavy (non-hydrogen) atoms. The summed E-state index contributed by atoms with van der Waals surface area (Å²) in [5.41, 5.74) is 6.54. The Morgan fingerprint density at radius 1 is 1.58 bits per heavy atom. The summed E-state index contributed by atoms with van der Waals surface area (Å²) < 4.78 is 19.3. The average Bonchev–Trinajstić information content (AvgIpc) is 2.41. The van der Waals surface area contributed by atoms with Crippen LogP contribution in [0.2, 0.25) is 0 Å². The number of nitrogens with two attached hydrogens (primary N) is 1. The third-order valence-electron chi connectivity index (χ3n) is 3.38. The Hall–Kier alpha value is -1.46. The predicted molar refractivity (Wildman–Crippen MR) is 70.4 cm³/mol. The van der Waals surface area contributed by atoms with Gasteiger partial charge in [-0.3, -0.25) is 4.79 Å². The molecule has 4 nitrogen and oxygen atoms in total. The number of ether oxygens (including phenoxy) is 1. The third kappa shape index (κ3) is 2.93. The highest BCUT2D eigenvalue weighted by atomic mass is 19.1. The second-order valence-corrected chi connectivity index (χ2v) is 4.98. The van der Waals surface area contributed by atoms with Gasteiger partial charge in [0.1, 0.15) is 5.82 Å². The SMILES string of the molecule is Cc1ccc(F)c(C(=O)N2CC(CN)OCC2C)c1. The van der Waals surface area contributed by atoms with Crippen molar-refractivity contribution >= 4 is 5.91 Å². The van der Waals surface area contributed by atoms with Gasteiger partial charge in [0.15, 0.2) is 0 Å². The second kappa shape index (κ2) is 5.67. The van der Waals surface area contributed by atoms with E-state index in [-0.39, 0.29) is 23.6 Å². The summed E-state index contributed by atoms with van der Waals surface area (Å²) in [4.78, 5) is 14.1. The summed E-state index contributed by atoms with van der Waals surface area (Å²) in [7, 11) is 0. The Labute approximate surface area is 112 Å². The summed E-state index contributed by atoms with van der Waals surface area (Å²) >= 11 is 0. The van der Waals surface area contributed by atoms with Crippen molar-refractivity contribution in [3.63, 3.8) is 0 Å². The van der Waals surface area contributed by atoms with Crippen molar-refractivity contribution in [2.24, 2.45) is 5.73 Å². The van der Waals surface area contributed by atoms with Crippen LogP contribution in [0.25, 0.3) is 0 Å². The Balaban J connectivity index is 2.24. The predicted octanol–water partition coefficient (Wildman–Crippen LogP) is 1.32. The van der Waals surface area contributed by atoms with Crippen molar-refractivity contribution in [1.29, 1.82) is 0 Å². The first kappa shape index (κ1) is 14.0. The molecule has 1 aliphatic rings. The van der Waals surface area contributed by atoms with Crippen molar-refractivity contribution in [1.82, 2.24) is 4.90 Å². The van der Waals surface area contributed by atoms with E-state index in [0.29, 0.717) is 19.7 Å². The number of carbonyl (C=O) groups is 1. The second-order valence-electron chi connectivity index (χ2n) is 4.98. The smallest absolute Gasteiger partial charge is 0.257 e. The monoisotopic (exact) mass is 266 g/mol. The maximum atomic E-state index is 13.8. The molecule has 1 aliphatic heterocycles. The van der Waals surface area contributed by atoms with Crippen LogP contribution in [0.4, 0.5) is 4.39 Å². The zero-order chi connectivity index (χ0) is 14.0. The fourth-order valence-electron chi connectivity index (χ4n) is 2.20. The van der Waals surface area contributed by atoms with Crippen LogP contribution < -0.4 is 5.73 Å². The quantitative estimate of drug-likeness (QED) is 0.878.